The number of nitrogens with zero attached hydrogens (tertiary/aromatic N) is 1. The van der Waals surface area contributed by atoms with Gasteiger partial charge < -0.3 is 5.32 Å². The van der Waals surface area contributed by atoms with E-state index in [1.54, 1.807) is 7.05 Å². The molecule has 7 heteroatoms. The molecule has 0 unspecified atom stereocenters. The molecule has 0 bridgehead atoms. The van der Waals surface area contributed by atoms with Crippen LogP contribution < -0.4 is 5.32 Å². The lowest BCUT2D eigenvalue weighted by molar-refractivity contribution is -0.139. The zero-order valence-electron chi connectivity index (χ0n) is 11.5. The van der Waals surface area contributed by atoms with Crippen molar-refractivity contribution in [1.82, 2.24) is 10.3 Å². The maximum atomic E-state index is 14.1. The summed E-state index contributed by atoms with van der Waals surface area (Å²) in [5.74, 6) is -1.27. The number of nitrogens with one attached hydrogen (secondary N) is 1. The van der Waals surface area contributed by atoms with Crippen molar-refractivity contribution >= 4 is 11.3 Å². The summed E-state index contributed by atoms with van der Waals surface area (Å²) in [5, 5.41) is 3.25. The molecule has 2 aromatic rings. The van der Waals surface area contributed by atoms with E-state index in [1.165, 1.54) is 23.5 Å². The van der Waals surface area contributed by atoms with Crippen LogP contribution >= 0.6 is 11.3 Å². The predicted molar refractivity (Wildman–Crippen MR) is 74.7 cm³/mol. The Morgan fingerprint density at radius 3 is 2.57 bits per heavy atom. The second-order valence-electron chi connectivity index (χ2n) is 4.44. The first-order valence-electron chi connectivity index (χ1n) is 6.37. The normalized spacial score (nSPS) is 11.9. The van der Waals surface area contributed by atoms with Crippen molar-refractivity contribution in [2.75, 3.05) is 7.05 Å². The van der Waals surface area contributed by atoms with Crippen molar-refractivity contribution < 1.29 is 17.6 Å². The largest absolute Gasteiger partial charge is 0.419 e. The predicted octanol–water partition coefficient (Wildman–Crippen LogP) is 4.25. The number of benzene rings is 1. The number of rotatable bonds is 4. The minimum absolute atomic E-state index is 0.105. The third-order valence-corrected chi connectivity index (χ3v) is 4.12. The number of halogens is 4. The van der Waals surface area contributed by atoms with Gasteiger partial charge in [-0.15, -0.1) is 11.3 Å². The van der Waals surface area contributed by atoms with Gasteiger partial charge in [-0.1, -0.05) is 13.0 Å². The van der Waals surface area contributed by atoms with E-state index in [2.05, 4.69) is 10.3 Å². The van der Waals surface area contributed by atoms with Gasteiger partial charge in [-0.25, -0.2) is 9.37 Å². The fourth-order valence-electron chi connectivity index (χ4n) is 1.99. The molecule has 0 saturated carbocycles. The van der Waals surface area contributed by atoms with Crippen LogP contribution in [0.1, 0.15) is 23.1 Å². The maximum Gasteiger partial charge on any atom is 0.419 e. The summed E-state index contributed by atoms with van der Waals surface area (Å²) in [7, 11) is 1.77. The Kier molecular flexibility index (Phi) is 4.63. The van der Waals surface area contributed by atoms with Gasteiger partial charge >= 0.3 is 6.18 Å². The van der Waals surface area contributed by atoms with Crippen LogP contribution in [0.5, 0.6) is 0 Å². The molecular formula is C14H14F4N2S. The van der Waals surface area contributed by atoms with E-state index in [-0.39, 0.29) is 10.6 Å². The quantitative estimate of drug-likeness (QED) is 0.853. The lowest BCUT2D eigenvalue weighted by Crippen LogP contribution is -2.08. The summed E-state index contributed by atoms with van der Waals surface area (Å²) < 4.78 is 52.4. The van der Waals surface area contributed by atoms with Crippen LogP contribution in [0.25, 0.3) is 10.6 Å². The maximum absolute atomic E-state index is 14.1. The Balaban J connectivity index is 2.52. The Morgan fingerprint density at radius 2 is 2.00 bits per heavy atom. The van der Waals surface area contributed by atoms with Crippen LogP contribution in [-0.2, 0) is 19.1 Å². The van der Waals surface area contributed by atoms with E-state index >= 15 is 0 Å². The first kappa shape index (κ1) is 15.9. The summed E-state index contributed by atoms with van der Waals surface area (Å²) in [4.78, 5) is 5.18. The highest BCUT2D eigenvalue weighted by Gasteiger charge is 2.35. The molecule has 0 fully saturated rings. The third-order valence-electron chi connectivity index (χ3n) is 2.99. The van der Waals surface area contributed by atoms with Crippen molar-refractivity contribution in [3.05, 3.63) is 40.2 Å². The first-order chi connectivity index (χ1) is 9.88. The second kappa shape index (κ2) is 6.11. The van der Waals surface area contributed by atoms with Crippen molar-refractivity contribution in [2.45, 2.75) is 26.1 Å². The van der Waals surface area contributed by atoms with Gasteiger partial charge in [0.1, 0.15) is 10.8 Å². The molecule has 0 amide bonds. The molecule has 21 heavy (non-hydrogen) atoms. The monoisotopic (exact) mass is 318 g/mol. The van der Waals surface area contributed by atoms with E-state index in [1.807, 2.05) is 6.92 Å². The highest BCUT2D eigenvalue weighted by atomic mass is 32.1. The van der Waals surface area contributed by atoms with Crippen molar-refractivity contribution in [1.29, 1.82) is 0 Å². The zero-order chi connectivity index (χ0) is 15.6. The molecule has 1 N–H and O–H groups in total. The third kappa shape index (κ3) is 3.24. The smallest absolute Gasteiger partial charge is 0.315 e. The van der Waals surface area contributed by atoms with Crippen molar-refractivity contribution in [2.24, 2.45) is 0 Å². The van der Waals surface area contributed by atoms with Crippen LogP contribution in [0.3, 0.4) is 0 Å². The van der Waals surface area contributed by atoms with Gasteiger partial charge in [-0.3, -0.25) is 0 Å². The molecule has 114 valence electrons. The van der Waals surface area contributed by atoms with Crippen LogP contribution in [-0.4, -0.2) is 12.0 Å². The van der Waals surface area contributed by atoms with Gasteiger partial charge in [-0.05, 0) is 25.6 Å². The minimum atomic E-state index is -4.71. The van der Waals surface area contributed by atoms with Gasteiger partial charge in [0, 0.05) is 17.0 Å². The number of thiazole rings is 1. The van der Waals surface area contributed by atoms with E-state index < -0.39 is 17.6 Å². The summed E-state index contributed by atoms with van der Waals surface area (Å²) in [6, 6.07) is 3.26. The average Bonchev–Trinajstić information content (AvgIpc) is 2.81. The Labute approximate surface area is 123 Å². The standard InChI is InChI=1S/C14H14F4N2S/c1-3-10-11(7-19-2)21-13(20-10)8-5-4-6-9(12(8)15)14(16,17)18/h4-6,19H,3,7H2,1-2H3. The van der Waals surface area contributed by atoms with E-state index in [4.69, 9.17) is 0 Å². The second-order valence-corrected chi connectivity index (χ2v) is 5.52. The van der Waals surface area contributed by atoms with Gasteiger partial charge in [-0.2, -0.15) is 13.2 Å². The summed E-state index contributed by atoms with van der Waals surface area (Å²) in [6.07, 6.45) is -4.06. The highest BCUT2D eigenvalue weighted by molar-refractivity contribution is 7.15. The summed E-state index contributed by atoms with van der Waals surface area (Å²) in [6.45, 7) is 2.46. The molecule has 0 aliphatic carbocycles. The number of hydrogen-bond donors (Lipinski definition) is 1. The van der Waals surface area contributed by atoms with Gasteiger partial charge in [0.25, 0.3) is 0 Å². The fourth-order valence-corrected chi connectivity index (χ4v) is 3.17. The SMILES string of the molecule is CCc1nc(-c2cccc(C(F)(F)F)c2F)sc1CNC. The topological polar surface area (TPSA) is 24.9 Å². The molecular weight excluding hydrogens is 304 g/mol. The summed E-state index contributed by atoms with van der Waals surface area (Å²) >= 11 is 1.21. The number of alkyl halides is 3. The minimum Gasteiger partial charge on any atom is -0.315 e. The van der Waals surface area contributed by atoms with Crippen LogP contribution in [0.4, 0.5) is 17.6 Å². The Hall–Kier alpha value is -1.47. The van der Waals surface area contributed by atoms with Gasteiger partial charge in [0.2, 0.25) is 0 Å². The molecule has 2 rings (SSSR count). The molecule has 2 nitrogen and oxygen atoms in total. The van der Waals surface area contributed by atoms with Gasteiger partial charge in [0.05, 0.1) is 11.3 Å². The lowest BCUT2D eigenvalue weighted by atomic mass is 10.1. The van der Waals surface area contributed by atoms with E-state index in [0.717, 1.165) is 16.6 Å². The van der Waals surface area contributed by atoms with Gasteiger partial charge in [0.15, 0.2) is 0 Å². The fraction of sp³-hybridized carbons (Fsp3) is 0.357. The molecule has 1 heterocycles. The Bertz CT molecular complexity index is 634. The highest BCUT2D eigenvalue weighted by Crippen LogP contribution is 2.37. The summed E-state index contributed by atoms with van der Waals surface area (Å²) in [5.41, 5.74) is -0.587. The number of hydrogen-bond acceptors (Lipinski definition) is 3. The first-order valence-corrected chi connectivity index (χ1v) is 7.19. The van der Waals surface area contributed by atoms with Crippen molar-refractivity contribution in [3.63, 3.8) is 0 Å². The molecule has 0 saturated heterocycles. The van der Waals surface area contributed by atoms with Crippen LogP contribution in [0.15, 0.2) is 18.2 Å². The van der Waals surface area contributed by atoms with E-state index in [0.29, 0.717) is 13.0 Å². The van der Waals surface area contributed by atoms with Crippen LogP contribution in [0.2, 0.25) is 0 Å². The molecule has 0 radical (unpaired) electrons. The molecule has 1 aromatic heterocycles. The zero-order valence-corrected chi connectivity index (χ0v) is 12.3. The molecule has 0 atom stereocenters. The van der Waals surface area contributed by atoms with E-state index in [9.17, 15) is 17.6 Å². The number of aromatic nitrogens is 1. The molecule has 0 aliphatic heterocycles. The van der Waals surface area contributed by atoms with Crippen molar-refractivity contribution in [3.8, 4) is 10.6 Å². The average molecular weight is 318 g/mol. The Morgan fingerprint density at radius 1 is 1.29 bits per heavy atom. The number of aryl methyl sites for hydroxylation is 1. The molecule has 1 aromatic carbocycles. The van der Waals surface area contributed by atoms with Crippen LogP contribution in [0, 0.1) is 5.82 Å². The lowest BCUT2D eigenvalue weighted by Gasteiger charge is -2.09. The molecule has 0 spiro atoms. The molecule has 0 aliphatic rings.